The van der Waals surface area contributed by atoms with E-state index < -0.39 is 0 Å². The molecule has 0 radical (unpaired) electrons. The van der Waals surface area contributed by atoms with E-state index in [-0.39, 0.29) is 11.7 Å². The summed E-state index contributed by atoms with van der Waals surface area (Å²) >= 11 is 1.28. The summed E-state index contributed by atoms with van der Waals surface area (Å²) in [5.41, 5.74) is 4.30. The van der Waals surface area contributed by atoms with E-state index in [0.29, 0.717) is 23.3 Å². The Morgan fingerprint density at radius 3 is 2.68 bits per heavy atom. The molecular weight excluding hydrogens is 450 g/mol. The first-order chi connectivity index (χ1) is 16.7. The summed E-state index contributed by atoms with van der Waals surface area (Å²) in [6, 6.07) is 21.1. The van der Waals surface area contributed by atoms with Crippen molar-refractivity contribution in [3.05, 3.63) is 84.8 Å². The number of carbonyl (C=O) groups excluding carboxylic acids is 1. The van der Waals surface area contributed by atoms with Crippen molar-refractivity contribution in [3.63, 3.8) is 0 Å². The number of aromatic nitrogens is 3. The highest BCUT2D eigenvalue weighted by atomic mass is 32.2. The van der Waals surface area contributed by atoms with E-state index >= 15 is 0 Å². The first kappa shape index (κ1) is 23.1. The maximum Gasteiger partial charge on any atom is 0.250 e. The van der Waals surface area contributed by atoms with Crippen LogP contribution in [0.5, 0.6) is 5.75 Å². The van der Waals surface area contributed by atoms with Crippen LogP contribution in [0.1, 0.15) is 12.7 Å². The molecule has 4 rings (SSSR count). The normalized spacial score (nSPS) is 11.3. The molecule has 0 aliphatic carbocycles. The number of ether oxygens (including phenoxy) is 1. The van der Waals surface area contributed by atoms with Crippen LogP contribution in [0.4, 0.5) is 0 Å². The van der Waals surface area contributed by atoms with Gasteiger partial charge in [0, 0.05) is 17.5 Å². The Balaban J connectivity index is 1.46. The van der Waals surface area contributed by atoms with Crippen LogP contribution in [0.15, 0.2) is 93.7 Å². The van der Waals surface area contributed by atoms with Gasteiger partial charge in [-0.2, -0.15) is 5.10 Å². The molecule has 1 N–H and O–H groups in total. The predicted molar refractivity (Wildman–Crippen MR) is 133 cm³/mol. The zero-order valence-electron chi connectivity index (χ0n) is 18.5. The lowest BCUT2D eigenvalue weighted by atomic mass is 10.2. The molecule has 1 amide bonds. The van der Waals surface area contributed by atoms with E-state index in [1.165, 1.54) is 18.0 Å². The molecule has 4 aromatic rings. The number of nitrogens with one attached hydrogen (secondary N) is 1. The summed E-state index contributed by atoms with van der Waals surface area (Å²) < 4.78 is 12.7. The number of hydrogen-bond acceptors (Lipinski definition) is 7. The lowest BCUT2D eigenvalue weighted by molar-refractivity contribution is -0.118. The van der Waals surface area contributed by atoms with Gasteiger partial charge >= 0.3 is 0 Å². The van der Waals surface area contributed by atoms with E-state index in [2.05, 4.69) is 20.7 Å². The van der Waals surface area contributed by atoms with Crippen LogP contribution in [-0.4, -0.2) is 39.2 Å². The fraction of sp³-hybridized carbons (Fsp3) is 0.120. The predicted octanol–water partition coefficient (Wildman–Crippen LogP) is 4.83. The number of carbonyl (C=O) groups is 1. The Morgan fingerprint density at radius 1 is 1.12 bits per heavy atom. The Morgan fingerprint density at radius 2 is 1.94 bits per heavy atom. The molecule has 2 heterocycles. The van der Waals surface area contributed by atoms with Gasteiger partial charge in [0.05, 0.1) is 18.6 Å². The zero-order valence-corrected chi connectivity index (χ0v) is 19.3. The van der Waals surface area contributed by atoms with Crippen LogP contribution in [0.25, 0.3) is 23.2 Å². The summed E-state index contributed by atoms with van der Waals surface area (Å²) in [6.45, 7) is 2.54. The highest BCUT2D eigenvalue weighted by Gasteiger charge is 2.17. The van der Waals surface area contributed by atoms with Gasteiger partial charge in [0.2, 0.25) is 0 Å². The molecule has 2 aromatic carbocycles. The largest absolute Gasteiger partial charge is 0.494 e. The van der Waals surface area contributed by atoms with Crippen molar-refractivity contribution in [1.82, 2.24) is 20.2 Å². The molecule has 0 unspecified atom stereocenters. The molecule has 0 fully saturated rings. The van der Waals surface area contributed by atoms with Crippen LogP contribution in [0.3, 0.4) is 0 Å². The topological polar surface area (TPSA) is 94.5 Å². The fourth-order valence-electron chi connectivity index (χ4n) is 3.07. The van der Waals surface area contributed by atoms with Crippen LogP contribution in [-0.2, 0) is 4.79 Å². The molecule has 0 atom stereocenters. The van der Waals surface area contributed by atoms with E-state index in [1.54, 1.807) is 24.5 Å². The molecule has 0 aliphatic heterocycles. The molecule has 0 bridgehead atoms. The molecular formula is C25H23N5O3S. The molecule has 0 aliphatic rings. The zero-order chi connectivity index (χ0) is 23.6. The molecule has 8 nitrogen and oxygen atoms in total. The molecule has 9 heteroatoms. The third kappa shape index (κ3) is 6.02. The Labute approximate surface area is 201 Å². The molecule has 34 heavy (non-hydrogen) atoms. The summed E-state index contributed by atoms with van der Waals surface area (Å²) in [7, 11) is 0. The van der Waals surface area contributed by atoms with Gasteiger partial charge in [-0.1, -0.05) is 42.1 Å². The second-order valence-corrected chi connectivity index (χ2v) is 7.85. The van der Waals surface area contributed by atoms with E-state index in [1.807, 2.05) is 72.2 Å². The highest BCUT2D eigenvalue weighted by Crippen LogP contribution is 2.28. The number of hydrazone groups is 1. The SMILES string of the molecule is CCOc1ccc(-n2c(SCC(=O)N/N=C/C=C\c3ccco3)nnc2-c2ccccc2)cc1. The number of amides is 1. The van der Waals surface area contributed by atoms with Gasteiger partial charge in [-0.25, -0.2) is 5.43 Å². The van der Waals surface area contributed by atoms with Gasteiger partial charge < -0.3 is 9.15 Å². The second kappa shape index (κ2) is 11.7. The van der Waals surface area contributed by atoms with Crippen molar-refractivity contribution in [2.45, 2.75) is 12.1 Å². The number of thioether (sulfide) groups is 1. The van der Waals surface area contributed by atoms with Crippen molar-refractivity contribution in [2.24, 2.45) is 5.10 Å². The van der Waals surface area contributed by atoms with E-state index in [9.17, 15) is 4.79 Å². The van der Waals surface area contributed by atoms with Crippen molar-refractivity contribution in [1.29, 1.82) is 0 Å². The quantitative estimate of drug-likeness (QED) is 0.201. The van der Waals surface area contributed by atoms with Gasteiger partial charge in [-0.15, -0.1) is 10.2 Å². The van der Waals surface area contributed by atoms with Gasteiger partial charge in [-0.3, -0.25) is 9.36 Å². The number of furan rings is 1. The Kier molecular flexibility index (Phi) is 7.91. The maximum atomic E-state index is 12.3. The van der Waals surface area contributed by atoms with Crippen LogP contribution >= 0.6 is 11.8 Å². The van der Waals surface area contributed by atoms with E-state index in [0.717, 1.165) is 17.0 Å². The third-order valence-corrected chi connectivity index (χ3v) is 5.49. The summed E-state index contributed by atoms with van der Waals surface area (Å²) in [5, 5.41) is 13.3. The van der Waals surface area contributed by atoms with E-state index in [4.69, 9.17) is 9.15 Å². The number of hydrogen-bond donors (Lipinski definition) is 1. The molecule has 0 saturated heterocycles. The smallest absolute Gasteiger partial charge is 0.250 e. The van der Waals surface area contributed by atoms with Crippen molar-refractivity contribution in [3.8, 4) is 22.8 Å². The van der Waals surface area contributed by atoms with Crippen LogP contribution < -0.4 is 10.2 Å². The lowest BCUT2D eigenvalue weighted by Gasteiger charge is -2.11. The van der Waals surface area contributed by atoms with Crippen molar-refractivity contribution >= 4 is 30.0 Å². The minimum atomic E-state index is -0.254. The minimum Gasteiger partial charge on any atom is -0.494 e. The minimum absolute atomic E-state index is 0.128. The second-order valence-electron chi connectivity index (χ2n) is 6.91. The van der Waals surface area contributed by atoms with Gasteiger partial charge in [-0.05, 0) is 55.5 Å². The van der Waals surface area contributed by atoms with Crippen molar-refractivity contribution in [2.75, 3.05) is 12.4 Å². The molecule has 0 spiro atoms. The summed E-state index contributed by atoms with van der Waals surface area (Å²) in [5.74, 6) is 2.05. The number of nitrogens with zero attached hydrogens (tertiary/aromatic N) is 4. The lowest BCUT2D eigenvalue weighted by Crippen LogP contribution is -2.19. The number of allylic oxidation sites excluding steroid dienone is 1. The fourth-order valence-corrected chi connectivity index (χ4v) is 3.81. The number of rotatable bonds is 10. The molecule has 2 aromatic heterocycles. The van der Waals surface area contributed by atoms with Gasteiger partial charge in [0.25, 0.3) is 5.91 Å². The molecule has 0 saturated carbocycles. The van der Waals surface area contributed by atoms with Gasteiger partial charge in [0.15, 0.2) is 11.0 Å². The summed E-state index contributed by atoms with van der Waals surface area (Å²) in [6.07, 6.45) is 6.50. The Hall–Kier alpha value is -4.11. The van der Waals surface area contributed by atoms with Crippen molar-refractivity contribution < 1.29 is 13.9 Å². The average molecular weight is 474 g/mol. The summed E-state index contributed by atoms with van der Waals surface area (Å²) in [4.78, 5) is 12.3. The monoisotopic (exact) mass is 473 g/mol. The standard InChI is InChI=1S/C25H23N5O3S/c1-2-32-22-14-12-20(13-15-22)30-24(19-8-4-3-5-9-19)28-29-25(30)34-18-23(31)27-26-16-6-10-21-11-7-17-33-21/h3-17H,2,18H2,1H3,(H,27,31)/b10-6-,26-16+. The highest BCUT2D eigenvalue weighted by molar-refractivity contribution is 7.99. The van der Waals surface area contributed by atoms with Crippen LogP contribution in [0.2, 0.25) is 0 Å². The molecule has 172 valence electrons. The number of benzene rings is 2. The Bertz CT molecular complexity index is 1250. The van der Waals surface area contributed by atoms with Gasteiger partial charge in [0.1, 0.15) is 11.5 Å². The third-order valence-electron chi connectivity index (χ3n) is 4.56. The first-order valence-corrected chi connectivity index (χ1v) is 11.6. The van der Waals surface area contributed by atoms with Crippen LogP contribution in [0, 0.1) is 0 Å². The first-order valence-electron chi connectivity index (χ1n) is 10.6. The average Bonchev–Trinajstić information content (AvgIpc) is 3.54. The maximum absolute atomic E-state index is 12.3.